The molecule has 5 aromatic rings. The van der Waals surface area contributed by atoms with Crippen LogP contribution in [0.25, 0.3) is 11.0 Å². The third kappa shape index (κ3) is 5.93. The number of amides is 4. The molecule has 9 rings (SSSR count). The average Bonchev–Trinajstić information content (AvgIpc) is 3.76. The maximum atomic E-state index is 16.2. The van der Waals surface area contributed by atoms with Gasteiger partial charge in [-0.15, -0.1) is 0 Å². The lowest BCUT2D eigenvalue weighted by Gasteiger charge is -2.47. The summed E-state index contributed by atoms with van der Waals surface area (Å²) in [5, 5.41) is 15.8. The standard InChI is InChI=1S/C43H40Cl2FN7O5/c1-52-33-21-26(13-15-31(33)53(41(52)58)32-16-17-34(54)50-38(32)55)47-22-23-8-11-25(12-9-23)48-39(56)37-35(27-6-5-7-29(45)36(27)46)43(42(51-37)18-3-2-4-19-42)28-14-10-24(44)20-30(28)49-40(43)57/h5-15,20-21,32,35,37,47,51H,2-4,16-19,22H2,1H3,(H,48,56)(H,49,57)(H,50,54,55)/t32?,35-,37+,43+/m0/s1. The van der Waals surface area contributed by atoms with Crippen LogP contribution in [0.3, 0.4) is 0 Å². The van der Waals surface area contributed by atoms with E-state index < -0.39 is 46.6 Å². The van der Waals surface area contributed by atoms with E-state index in [-0.39, 0.29) is 40.9 Å². The number of piperidine rings is 1. The van der Waals surface area contributed by atoms with Crippen molar-refractivity contribution in [3.63, 3.8) is 0 Å². The number of carbonyl (C=O) groups excluding carboxylic acids is 4. The molecule has 298 valence electrons. The minimum Gasteiger partial charge on any atom is -0.381 e. The number of carbonyl (C=O) groups is 4. The summed E-state index contributed by atoms with van der Waals surface area (Å²) in [6, 6.07) is 21.0. The van der Waals surface area contributed by atoms with Crippen molar-refractivity contribution in [2.24, 2.45) is 7.05 Å². The highest BCUT2D eigenvalue weighted by Crippen LogP contribution is 2.63. The minimum absolute atomic E-state index is 0.0927. The lowest BCUT2D eigenvalue weighted by molar-refractivity contribution is -0.135. The fourth-order valence-corrected chi connectivity index (χ4v) is 10.4. The molecule has 15 heteroatoms. The third-order valence-electron chi connectivity index (χ3n) is 12.6. The Labute approximate surface area is 342 Å². The first-order valence-electron chi connectivity index (χ1n) is 19.4. The van der Waals surface area contributed by atoms with Crippen LogP contribution in [0.15, 0.2) is 83.7 Å². The maximum Gasteiger partial charge on any atom is 0.329 e. The molecule has 12 nitrogen and oxygen atoms in total. The molecule has 1 aromatic heterocycles. The quantitative estimate of drug-likeness (QED) is 0.115. The van der Waals surface area contributed by atoms with Crippen molar-refractivity contribution in [2.45, 2.75) is 80.4 Å². The molecule has 4 aliphatic rings. The van der Waals surface area contributed by atoms with Gasteiger partial charge in [0.15, 0.2) is 0 Å². The summed E-state index contributed by atoms with van der Waals surface area (Å²) in [5.41, 5.74) is 2.29. The van der Waals surface area contributed by atoms with Crippen LogP contribution in [0.1, 0.15) is 73.6 Å². The molecular formula is C43H40Cl2FN7O5. The predicted octanol–water partition coefficient (Wildman–Crippen LogP) is 6.66. The average molecular weight is 825 g/mol. The summed E-state index contributed by atoms with van der Waals surface area (Å²) in [6.45, 7) is 0.422. The highest BCUT2D eigenvalue weighted by atomic mass is 35.5. The van der Waals surface area contributed by atoms with Gasteiger partial charge in [-0.2, -0.15) is 0 Å². The van der Waals surface area contributed by atoms with Crippen LogP contribution in [0.2, 0.25) is 10.0 Å². The summed E-state index contributed by atoms with van der Waals surface area (Å²) >= 11 is 12.8. The van der Waals surface area contributed by atoms with E-state index in [0.29, 0.717) is 52.4 Å². The van der Waals surface area contributed by atoms with Crippen molar-refractivity contribution in [3.05, 3.63) is 122 Å². The molecule has 58 heavy (non-hydrogen) atoms. The SMILES string of the molecule is Cn1c(=O)n(C2CCC(=O)NC2=O)c2ccc(NCc3ccc(NC(=O)[C@@H]4NC5(CCCCC5)[C@@]5(C(=O)Nc6cc(Cl)ccc65)[C@H]4c4cccc(Cl)c4F)cc3)cc21. The summed E-state index contributed by atoms with van der Waals surface area (Å²) in [4.78, 5) is 66.7. The molecule has 3 aliphatic heterocycles. The van der Waals surface area contributed by atoms with Gasteiger partial charge >= 0.3 is 5.69 Å². The second-order valence-corrected chi connectivity index (χ2v) is 16.6. The number of hydrogen-bond donors (Lipinski definition) is 5. The fourth-order valence-electron chi connectivity index (χ4n) is 10.1. The largest absolute Gasteiger partial charge is 0.381 e. The molecule has 3 fully saturated rings. The molecule has 4 heterocycles. The summed E-state index contributed by atoms with van der Waals surface area (Å²) in [7, 11) is 1.64. The number of rotatable bonds is 7. The molecule has 4 atom stereocenters. The fraction of sp³-hybridized carbons (Fsp3) is 0.326. The zero-order valence-electron chi connectivity index (χ0n) is 31.5. The number of aromatic nitrogens is 2. The molecule has 0 bridgehead atoms. The lowest BCUT2D eigenvalue weighted by Crippen LogP contribution is -2.60. The smallest absolute Gasteiger partial charge is 0.329 e. The number of benzene rings is 4. The first-order chi connectivity index (χ1) is 27.9. The first kappa shape index (κ1) is 38.0. The second kappa shape index (κ2) is 14.4. The Bertz CT molecular complexity index is 2600. The van der Waals surface area contributed by atoms with E-state index in [9.17, 15) is 24.0 Å². The van der Waals surface area contributed by atoms with Crippen molar-refractivity contribution in [2.75, 3.05) is 16.0 Å². The van der Waals surface area contributed by atoms with Crippen LogP contribution in [0, 0.1) is 5.82 Å². The van der Waals surface area contributed by atoms with Crippen molar-refractivity contribution in [1.29, 1.82) is 0 Å². The van der Waals surface area contributed by atoms with E-state index in [2.05, 4.69) is 26.6 Å². The van der Waals surface area contributed by atoms with Gasteiger partial charge in [-0.25, -0.2) is 9.18 Å². The molecular weight excluding hydrogens is 784 g/mol. The monoisotopic (exact) mass is 823 g/mol. The van der Waals surface area contributed by atoms with Gasteiger partial charge in [-0.1, -0.05) is 72.8 Å². The van der Waals surface area contributed by atoms with Gasteiger partial charge in [-0.3, -0.25) is 38.9 Å². The molecule has 4 aromatic carbocycles. The normalized spacial score (nSPS) is 23.6. The number of anilines is 3. The first-order valence-corrected chi connectivity index (χ1v) is 20.2. The van der Waals surface area contributed by atoms with Crippen molar-refractivity contribution < 1.29 is 23.6 Å². The Kier molecular flexibility index (Phi) is 9.45. The van der Waals surface area contributed by atoms with Crippen molar-refractivity contribution in [3.8, 4) is 0 Å². The molecule has 5 N–H and O–H groups in total. The second-order valence-electron chi connectivity index (χ2n) is 15.8. The van der Waals surface area contributed by atoms with Crippen molar-refractivity contribution >= 4 is 74.9 Å². The van der Waals surface area contributed by atoms with Crippen LogP contribution >= 0.6 is 23.2 Å². The van der Waals surface area contributed by atoms with Gasteiger partial charge in [0.25, 0.3) is 0 Å². The van der Waals surface area contributed by atoms with Crippen LogP contribution in [0.4, 0.5) is 21.5 Å². The number of imide groups is 1. The van der Waals surface area contributed by atoms with E-state index in [1.165, 1.54) is 15.2 Å². The minimum atomic E-state index is -1.33. The van der Waals surface area contributed by atoms with Gasteiger partial charge in [-0.05, 0) is 84.5 Å². The van der Waals surface area contributed by atoms with Gasteiger partial charge in [0.05, 0.1) is 22.1 Å². The Morgan fingerprint density at radius 1 is 0.897 bits per heavy atom. The maximum absolute atomic E-state index is 16.2. The van der Waals surface area contributed by atoms with Crippen LogP contribution in [0.5, 0.6) is 0 Å². The van der Waals surface area contributed by atoms with Crippen LogP contribution in [-0.4, -0.2) is 44.3 Å². The Morgan fingerprint density at radius 2 is 1.66 bits per heavy atom. The highest BCUT2D eigenvalue weighted by Gasteiger charge is 2.72. The summed E-state index contributed by atoms with van der Waals surface area (Å²) in [6.07, 6.45) is 4.29. The zero-order chi connectivity index (χ0) is 40.5. The Hall–Kier alpha value is -5.50. The molecule has 4 amide bonds. The molecule has 1 aliphatic carbocycles. The summed E-state index contributed by atoms with van der Waals surface area (Å²) < 4.78 is 19.2. The number of halogens is 3. The molecule has 2 spiro atoms. The van der Waals surface area contributed by atoms with E-state index in [1.54, 1.807) is 49.5 Å². The molecule has 2 saturated heterocycles. The predicted molar refractivity (Wildman–Crippen MR) is 220 cm³/mol. The number of imidazole rings is 1. The van der Waals surface area contributed by atoms with Gasteiger partial charge in [0.1, 0.15) is 17.3 Å². The Balaban J connectivity index is 0.976. The number of nitrogens with zero attached hydrogens (tertiary/aromatic N) is 2. The highest BCUT2D eigenvalue weighted by molar-refractivity contribution is 6.31. The van der Waals surface area contributed by atoms with Crippen LogP contribution < -0.4 is 32.3 Å². The molecule has 1 unspecified atom stereocenters. The summed E-state index contributed by atoms with van der Waals surface area (Å²) in [5.74, 6) is -3.16. The van der Waals surface area contributed by atoms with Gasteiger partial charge in [0.2, 0.25) is 23.6 Å². The van der Waals surface area contributed by atoms with Crippen LogP contribution in [-0.2, 0) is 38.2 Å². The zero-order valence-corrected chi connectivity index (χ0v) is 33.0. The number of aryl methyl sites for hydroxylation is 1. The molecule has 1 saturated carbocycles. The topological polar surface area (TPSA) is 155 Å². The van der Waals surface area contributed by atoms with Gasteiger partial charge in [0, 0.05) is 53.6 Å². The number of nitrogens with one attached hydrogen (secondary N) is 5. The van der Waals surface area contributed by atoms with E-state index in [4.69, 9.17) is 23.2 Å². The van der Waals surface area contributed by atoms with E-state index in [0.717, 1.165) is 30.5 Å². The number of fused-ring (bicyclic) bond motifs is 4. The Morgan fingerprint density at radius 3 is 2.41 bits per heavy atom. The van der Waals surface area contributed by atoms with Gasteiger partial charge < -0.3 is 16.0 Å². The molecule has 0 radical (unpaired) electrons. The lowest BCUT2D eigenvalue weighted by atomic mass is 9.55. The van der Waals surface area contributed by atoms with E-state index >= 15 is 4.39 Å². The number of hydrogen-bond acceptors (Lipinski definition) is 7. The third-order valence-corrected chi connectivity index (χ3v) is 13.2. The van der Waals surface area contributed by atoms with Crippen molar-refractivity contribution in [1.82, 2.24) is 19.8 Å². The van der Waals surface area contributed by atoms with E-state index in [1.807, 2.05) is 30.3 Å².